The molecule has 1 unspecified atom stereocenters. The van der Waals surface area contributed by atoms with Crippen LogP contribution >= 0.6 is 0 Å². The third kappa shape index (κ3) is 4.77. The number of nitrogen functional groups attached to an aromatic ring is 1. The molecule has 3 heterocycles. The zero-order chi connectivity index (χ0) is 27.6. The molecular formula is C32H32N6O2. The Kier molecular flexibility index (Phi) is 6.90. The van der Waals surface area contributed by atoms with Gasteiger partial charge in [-0.1, -0.05) is 67.8 Å². The van der Waals surface area contributed by atoms with Crippen LogP contribution in [0.15, 0.2) is 83.9 Å². The Balaban J connectivity index is 1.44. The number of para-hydroxylation sites is 1. The van der Waals surface area contributed by atoms with Crippen LogP contribution in [0.3, 0.4) is 0 Å². The van der Waals surface area contributed by atoms with Crippen LogP contribution in [0, 0.1) is 5.92 Å². The number of hydrogen-bond acceptors (Lipinski definition) is 5. The lowest BCUT2D eigenvalue weighted by molar-refractivity contribution is 0.0941. The van der Waals surface area contributed by atoms with Gasteiger partial charge >= 0.3 is 0 Å². The van der Waals surface area contributed by atoms with Crippen molar-refractivity contribution in [3.05, 3.63) is 106 Å². The van der Waals surface area contributed by atoms with Crippen molar-refractivity contribution in [2.75, 3.05) is 5.73 Å². The monoisotopic (exact) mass is 532 g/mol. The van der Waals surface area contributed by atoms with E-state index in [2.05, 4.69) is 27.6 Å². The number of nitrogens with zero attached hydrogens (tertiary/aromatic N) is 4. The number of nitrogens with one attached hydrogen (secondary N) is 1. The van der Waals surface area contributed by atoms with E-state index in [1.807, 2.05) is 61.5 Å². The van der Waals surface area contributed by atoms with Gasteiger partial charge in [0.25, 0.3) is 11.5 Å². The lowest BCUT2D eigenvalue weighted by Gasteiger charge is -2.21. The van der Waals surface area contributed by atoms with Crippen molar-refractivity contribution in [1.29, 1.82) is 0 Å². The highest BCUT2D eigenvalue weighted by atomic mass is 16.2. The lowest BCUT2D eigenvalue weighted by Crippen LogP contribution is -2.32. The summed E-state index contributed by atoms with van der Waals surface area (Å²) in [6, 6.07) is 18.6. The third-order valence-corrected chi connectivity index (χ3v) is 7.76. The predicted molar refractivity (Wildman–Crippen MR) is 158 cm³/mol. The fraction of sp³-hybridized carbons (Fsp3) is 0.250. The molecular weight excluding hydrogens is 500 g/mol. The van der Waals surface area contributed by atoms with Crippen molar-refractivity contribution in [2.24, 2.45) is 5.92 Å². The van der Waals surface area contributed by atoms with Crippen molar-refractivity contribution in [3.63, 3.8) is 0 Å². The van der Waals surface area contributed by atoms with E-state index in [4.69, 9.17) is 5.73 Å². The number of nitrogens with two attached hydrogens (primary N) is 1. The van der Waals surface area contributed by atoms with Crippen molar-refractivity contribution in [1.82, 2.24) is 24.5 Å². The Morgan fingerprint density at radius 1 is 1.07 bits per heavy atom. The predicted octanol–water partition coefficient (Wildman–Crippen LogP) is 5.70. The largest absolute Gasteiger partial charge is 0.381 e. The third-order valence-electron chi connectivity index (χ3n) is 7.76. The van der Waals surface area contributed by atoms with Gasteiger partial charge in [-0.3, -0.25) is 14.2 Å². The van der Waals surface area contributed by atoms with Crippen LogP contribution in [-0.4, -0.2) is 25.1 Å². The molecule has 0 aliphatic heterocycles. The number of amides is 1. The first kappa shape index (κ1) is 25.6. The van der Waals surface area contributed by atoms with Crippen molar-refractivity contribution < 1.29 is 4.79 Å². The minimum absolute atomic E-state index is 0.0942. The number of hydrogen-bond donors (Lipinski definition) is 2. The van der Waals surface area contributed by atoms with Crippen LogP contribution in [0.1, 0.15) is 66.7 Å². The van der Waals surface area contributed by atoms with Gasteiger partial charge in [-0.2, -0.15) is 0 Å². The van der Waals surface area contributed by atoms with E-state index in [0.717, 1.165) is 16.6 Å². The summed E-state index contributed by atoms with van der Waals surface area (Å²) < 4.78 is 3.18. The summed E-state index contributed by atoms with van der Waals surface area (Å²) in [4.78, 5) is 32.0. The molecule has 3 aromatic heterocycles. The molecule has 1 fully saturated rings. The molecule has 202 valence electrons. The van der Waals surface area contributed by atoms with Gasteiger partial charge in [-0.15, -0.1) is 5.10 Å². The molecule has 6 rings (SSSR count). The van der Waals surface area contributed by atoms with E-state index in [9.17, 15) is 9.59 Å². The van der Waals surface area contributed by atoms with Crippen molar-refractivity contribution in [2.45, 2.75) is 45.1 Å². The first-order valence-electron chi connectivity index (χ1n) is 13.8. The summed E-state index contributed by atoms with van der Waals surface area (Å²) in [6.07, 6.45) is 13.9. The molecule has 40 heavy (non-hydrogen) atoms. The molecule has 1 atom stereocenters. The van der Waals surface area contributed by atoms with Gasteiger partial charge < -0.3 is 11.1 Å². The Hall–Kier alpha value is -4.72. The summed E-state index contributed by atoms with van der Waals surface area (Å²) >= 11 is 0. The molecule has 0 bridgehead atoms. The number of rotatable bonds is 6. The Morgan fingerprint density at radius 3 is 2.67 bits per heavy atom. The number of aromatic nitrogens is 4. The van der Waals surface area contributed by atoms with Gasteiger partial charge in [0.1, 0.15) is 5.56 Å². The van der Waals surface area contributed by atoms with Crippen LogP contribution in [0.5, 0.6) is 0 Å². The fourth-order valence-corrected chi connectivity index (χ4v) is 5.74. The molecule has 8 nitrogen and oxygen atoms in total. The second kappa shape index (κ2) is 10.8. The summed E-state index contributed by atoms with van der Waals surface area (Å²) in [5, 5.41) is 8.73. The minimum atomic E-state index is -0.524. The maximum absolute atomic E-state index is 14.2. The molecule has 1 amide bonds. The average molecular weight is 533 g/mol. The zero-order valence-corrected chi connectivity index (χ0v) is 22.5. The number of anilines is 1. The maximum Gasteiger partial charge on any atom is 0.263 e. The van der Waals surface area contributed by atoms with Gasteiger partial charge in [0.15, 0.2) is 11.5 Å². The number of benzene rings is 2. The van der Waals surface area contributed by atoms with Crippen molar-refractivity contribution in [3.8, 4) is 5.69 Å². The number of fused-ring (bicyclic) bond motifs is 2. The molecule has 1 aliphatic rings. The highest BCUT2D eigenvalue weighted by Crippen LogP contribution is 2.28. The van der Waals surface area contributed by atoms with E-state index < -0.39 is 11.9 Å². The Morgan fingerprint density at radius 2 is 1.88 bits per heavy atom. The average Bonchev–Trinajstić information content (AvgIpc) is 3.32. The highest BCUT2D eigenvalue weighted by Gasteiger charge is 2.24. The summed E-state index contributed by atoms with van der Waals surface area (Å²) in [5.74, 6) is 0.239. The summed E-state index contributed by atoms with van der Waals surface area (Å²) in [5.41, 5.74) is 8.85. The number of allylic oxidation sites excluding steroid dienone is 1. The van der Waals surface area contributed by atoms with Crippen LogP contribution in [0.4, 0.5) is 5.82 Å². The van der Waals surface area contributed by atoms with E-state index in [0.29, 0.717) is 22.6 Å². The highest BCUT2D eigenvalue weighted by molar-refractivity contribution is 6.04. The first-order chi connectivity index (χ1) is 19.5. The van der Waals surface area contributed by atoms with Gasteiger partial charge in [-0.25, -0.2) is 9.50 Å². The SMILES string of the molecule is CC(NC(=O)c1c(N)nn2cccnc12)c1cc2cccc(C=CC3CCCCC3)c2c(=O)n1-c1ccccc1. The standard InChI is InChI=1S/C32H32N6O2/c1-21(35-31(39)28-29(33)36-37-19-9-18-34-30(28)37)26-20-24-13-8-12-23(17-16-22-10-4-2-5-11-22)27(24)32(40)38(26)25-14-6-3-7-15-25/h3,6-9,12-22H,2,4-5,10-11H2,1H3,(H2,33,36)(H,35,39). The molecule has 1 saturated carbocycles. The van der Waals surface area contributed by atoms with E-state index in [-0.39, 0.29) is 16.9 Å². The molecule has 2 aromatic carbocycles. The van der Waals surface area contributed by atoms with Gasteiger partial charge in [0.2, 0.25) is 0 Å². The molecule has 3 N–H and O–H groups in total. The van der Waals surface area contributed by atoms with Crippen LogP contribution in [-0.2, 0) is 0 Å². The molecule has 0 saturated heterocycles. The number of pyridine rings is 1. The van der Waals surface area contributed by atoms with Crippen LogP contribution in [0.25, 0.3) is 28.2 Å². The van der Waals surface area contributed by atoms with Crippen molar-refractivity contribution >= 4 is 34.2 Å². The lowest BCUT2D eigenvalue weighted by atomic mass is 9.88. The number of carbonyl (C=O) groups is 1. The van der Waals surface area contributed by atoms with E-state index >= 15 is 0 Å². The summed E-state index contributed by atoms with van der Waals surface area (Å²) in [6.45, 7) is 1.86. The Labute approximate surface area is 232 Å². The zero-order valence-electron chi connectivity index (χ0n) is 22.5. The smallest absolute Gasteiger partial charge is 0.263 e. The van der Waals surface area contributed by atoms with Gasteiger partial charge in [0, 0.05) is 23.8 Å². The minimum Gasteiger partial charge on any atom is -0.381 e. The Bertz CT molecular complexity index is 1780. The second-order valence-corrected chi connectivity index (χ2v) is 10.5. The fourth-order valence-electron chi connectivity index (χ4n) is 5.74. The van der Waals surface area contributed by atoms with E-state index in [1.165, 1.54) is 36.6 Å². The maximum atomic E-state index is 14.2. The van der Waals surface area contributed by atoms with Crippen LogP contribution < -0.4 is 16.6 Å². The second-order valence-electron chi connectivity index (χ2n) is 10.5. The molecule has 0 spiro atoms. The molecule has 8 heteroatoms. The topological polar surface area (TPSA) is 107 Å². The summed E-state index contributed by atoms with van der Waals surface area (Å²) in [7, 11) is 0. The normalized spacial score (nSPS) is 15.1. The number of carbonyl (C=O) groups excluding carboxylic acids is 1. The van der Waals surface area contributed by atoms with E-state index in [1.54, 1.807) is 23.0 Å². The molecule has 1 aliphatic carbocycles. The molecule has 0 radical (unpaired) electrons. The van der Waals surface area contributed by atoms with Crippen LogP contribution in [0.2, 0.25) is 0 Å². The quantitative estimate of drug-likeness (QED) is 0.292. The van der Waals surface area contributed by atoms with Gasteiger partial charge in [0.05, 0.1) is 11.4 Å². The molecule has 5 aromatic rings. The van der Waals surface area contributed by atoms with Gasteiger partial charge in [-0.05, 0) is 60.9 Å². The first-order valence-corrected chi connectivity index (χ1v) is 13.8.